The van der Waals surface area contributed by atoms with Gasteiger partial charge in [0.1, 0.15) is 11.0 Å². The minimum atomic E-state index is -1.20. The molecule has 28 heavy (non-hydrogen) atoms. The van der Waals surface area contributed by atoms with Crippen molar-refractivity contribution in [1.82, 2.24) is 0 Å². The monoisotopic (exact) mass is 382 g/mol. The molecule has 2 N–H and O–H groups in total. The van der Waals surface area contributed by atoms with Gasteiger partial charge in [-0.1, -0.05) is 37.3 Å². The Bertz CT molecular complexity index is 932. The van der Waals surface area contributed by atoms with Crippen LogP contribution in [0.2, 0.25) is 0 Å². The summed E-state index contributed by atoms with van der Waals surface area (Å²) in [6.45, 7) is 7.38. The van der Waals surface area contributed by atoms with Crippen molar-refractivity contribution in [2.24, 2.45) is 5.73 Å². The number of carbonyl (C=O) groups is 1. The minimum Gasteiger partial charge on any atom is -0.459 e. The standard InChI is InChI=1S/C22H26N2O4/c1-5-14-10-11-16(24(26)27)12-18(14)22(20(25)28-21(2,3)4)13-15-8-6-7-9-17(15)19(22)23/h6-12,19H,5,13,23H2,1-4H3. The third kappa shape index (κ3) is 3.29. The quantitative estimate of drug-likeness (QED) is 0.490. The Balaban J connectivity index is 2.26. The Morgan fingerprint density at radius 1 is 1.29 bits per heavy atom. The highest BCUT2D eigenvalue weighted by Gasteiger charge is 2.54. The minimum absolute atomic E-state index is 0.0571. The number of nitro groups is 1. The largest absolute Gasteiger partial charge is 0.459 e. The number of fused-ring (bicyclic) bond motifs is 1. The van der Waals surface area contributed by atoms with Gasteiger partial charge in [-0.05, 0) is 55.9 Å². The van der Waals surface area contributed by atoms with E-state index in [0.29, 0.717) is 18.4 Å². The van der Waals surface area contributed by atoms with Gasteiger partial charge in [0, 0.05) is 12.1 Å². The Morgan fingerprint density at radius 2 is 1.96 bits per heavy atom. The summed E-state index contributed by atoms with van der Waals surface area (Å²) in [6.07, 6.45) is 0.981. The lowest BCUT2D eigenvalue weighted by molar-refractivity contribution is -0.385. The number of nitro benzene ring substituents is 1. The van der Waals surface area contributed by atoms with Crippen LogP contribution in [-0.4, -0.2) is 16.5 Å². The van der Waals surface area contributed by atoms with E-state index in [0.717, 1.165) is 16.7 Å². The SMILES string of the molecule is CCc1ccc([N+](=O)[O-])cc1C1(C(=O)OC(C)(C)C)Cc2ccccc2C1N. The summed E-state index contributed by atoms with van der Waals surface area (Å²) in [5.41, 5.74) is 7.99. The number of rotatable bonds is 4. The molecule has 148 valence electrons. The number of nitrogens with zero attached hydrogens (tertiary/aromatic N) is 1. The molecule has 0 saturated carbocycles. The molecule has 2 aromatic carbocycles. The molecule has 0 aliphatic heterocycles. The fraction of sp³-hybridized carbons (Fsp3) is 0.409. The summed E-state index contributed by atoms with van der Waals surface area (Å²) in [7, 11) is 0. The van der Waals surface area contributed by atoms with Gasteiger partial charge in [0.2, 0.25) is 0 Å². The van der Waals surface area contributed by atoms with Crippen molar-refractivity contribution >= 4 is 11.7 Å². The van der Waals surface area contributed by atoms with Crippen LogP contribution in [0.15, 0.2) is 42.5 Å². The number of benzene rings is 2. The maximum absolute atomic E-state index is 13.5. The first-order chi connectivity index (χ1) is 13.1. The molecular weight excluding hydrogens is 356 g/mol. The Morgan fingerprint density at radius 3 is 2.54 bits per heavy atom. The van der Waals surface area contributed by atoms with Crippen molar-refractivity contribution in [2.45, 2.75) is 57.6 Å². The van der Waals surface area contributed by atoms with E-state index in [2.05, 4.69) is 0 Å². The maximum atomic E-state index is 13.5. The van der Waals surface area contributed by atoms with Gasteiger partial charge in [-0.3, -0.25) is 14.9 Å². The normalized spacial score (nSPS) is 21.2. The molecule has 0 aromatic heterocycles. The van der Waals surface area contributed by atoms with Crippen LogP contribution in [0.1, 0.15) is 56.0 Å². The molecule has 1 aliphatic carbocycles. The van der Waals surface area contributed by atoms with E-state index in [4.69, 9.17) is 10.5 Å². The van der Waals surface area contributed by atoms with Gasteiger partial charge in [0.25, 0.3) is 5.69 Å². The predicted molar refractivity (Wildman–Crippen MR) is 107 cm³/mol. The fourth-order valence-corrected chi connectivity index (χ4v) is 4.02. The average Bonchev–Trinajstić information content (AvgIpc) is 2.93. The highest BCUT2D eigenvalue weighted by Crippen LogP contribution is 2.49. The second kappa shape index (κ2) is 7.02. The molecule has 1 aliphatic rings. The first-order valence-electron chi connectivity index (χ1n) is 9.44. The summed E-state index contributed by atoms with van der Waals surface area (Å²) in [5, 5.41) is 11.4. The number of esters is 1. The van der Waals surface area contributed by atoms with Gasteiger partial charge in [0.05, 0.1) is 11.0 Å². The summed E-state index contributed by atoms with van der Waals surface area (Å²) < 4.78 is 5.79. The summed E-state index contributed by atoms with van der Waals surface area (Å²) in [4.78, 5) is 24.5. The highest BCUT2D eigenvalue weighted by atomic mass is 16.6. The van der Waals surface area contributed by atoms with E-state index < -0.39 is 28.0 Å². The average molecular weight is 382 g/mol. The zero-order valence-electron chi connectivity index (χ0n) is 16.7. The first-order valence-corrected chi connectivity index (χ1v) is 9.44. The molecule has 2 aromatic rings. The van der Waals surface area contributed by atoms with Gasteiger partial charge in [-0.15, -0.1) is 0 Å². The number of ether oxygens (including phenoxy) is 1. The van der Waals surface area contributed by atoms with Gasteiger partial charge < -0.3 is 10.5 Å². The van der Waals surface area contributed by atoms with Gasteiger partial charge in [-0.2, -0.15) is 0 Å². The fourth-order valence-electron chi connectivity index (χ4n) is 4.02. The molecule has 3 rings (SSSR count). The molecule has 0 saturated heterocycles. The summed E-state index contributed by atoms with van der Waals surface area (Å²) in [5.74, 6) is -0.445. The lowest BCUT2D eigenvalue weighted by atomic mass is 9.72. The van der Waals surface area contributed by atoms with Crippen LogP contribution in [0.25, 0.3) is 0 Å². The molecule has 0 radical (unpaired) electrons. The molecule has 0 fully saturated rings. The number of nitrogens with two attached hydrogens (primary N) is 1. The van der Waals surface area contributed by atoms with Crippen molar-refractivity contribution < 1.29 is 14.5 Å². The molecule has 0 bridgehead atoms. The van der Waals surface area contributed by atoms with Crippen molar-refractivity contribution in [3.8, 4) is 0 Å². The van der Waals surface area contributed by atoms with Crippen molar-refractivity contribution in [1.29, 1.82) is 0 Å². The smallest absolute Gasteiger partial charge is 0.319 e. The van der Waals surface area contributed by atoms with Crippen molar-refractivity contribution in [3.05, 3.63) is 74.8 Å². The van der Waals surface area contributed by atoms with E-state index in [9.17, 15) is 14.9 Å². The number of hydrogen-bond acceptors (Lipinski definition) is 5. The third-order valence-electron chi connectivity index (χ3n) is 5.32. The molecule has 6 heteroatoms. The Labute approximate surface area is 164 Å². The van der Waals surface area contributed by atoms with Crippen LogP contribution >= 0.6 is 0 Å². The van der Waals surface area contributed by atoms with Crippen molar-refractivity contribution in [2.75, 3.05) is 0 Å². The molecule has 2 unspecified atom stereocenters. The van der Waals surface area contributed by atoms with Gasteiger partial charge >= 0.3 is 5.97 Å². The number of non-ortho nitro benzene ring substituents is 1. The summed E-state index contributed by atoms with van der Waals surface area (Å²) in [6, 6.07) is 11.7. The van der Waals surface area contributed by atoms with E-state index in [1.165, 1.54) is 12.1 Å². The van der Waals surface area contributed by atoms with Crippen molar-refractivity contribution in [3.63, 3.8) is 0 Å². The molecule has 2 atom stereocenters. The second-order valence-electron chi connectivity index (χ2n) is 8.28. The summed E-state index contributed by atoms with van der Waals surface area (Å²) >= 11 is 0. The van der Waals surface area contributed by atoms with E-state index in [1.807, 2.05) is 31.2 Å². The molecule has 6 nitrogen and oxygen atoms in total. The highest BCUT2D eigenvalue weighted by molar-refractivity contribution is 5.88. The van der Waals surface area contributed by atoms with E-state index >= 15 is 0 Å². The maximum Gasteiger partial charge on any atom is 0.319 e. The topological polar surface area (TPSA) is 95.5 Å². The molecule has 0 spiro atoms. The lowest BCUT2D eigenvalue weighted by Crippen LogP contribution is -2.47. The van der Waals surface area contributed by atoms with Crippen LogP contribution in [0.3, 0.4) is 0 Å². The first kappa shape index (κ1) is 20.0. The molecular formula is C22H26N2O4. The Hall–Kier alpha value is -2.73. The second-order valence-corrected chi connectivity index (χ2v) is 8.28. The lowest BCUT2D eigenvalue weighted by Gasteiger charge is -2.36. The molecule has 0 amide bonds. The zero-order chi connectivity index (χ0) is 20.7. The van der Waals surface area contributed by atoms with Crippen LogP contribution < -0.4 is 5.73 Å². The van der Waals surface area contributed by atoms with Crippen LogP contribution in [0.5, 0.6) is 0 Å². The van der Waals surface area contributed by atoms with E-state index in [-0.39, 0.29) is 5.69 Å². The third-order valence-corrected chi connectivity index (χ3v) is 5.32. The van der Waals surface area contributed by atoms with Crippen LogP contribution in [-0.2, 0) is 27.8 Å². The number of aryl methyl sites for hydroxylation is 1. The number of hydrogen-bond donors (Lipinski definition) is 1. The number of carbonyl (C=O) groups excluding carboxylic acids is 1. The van der Waals surface area contributed by atoms with Gasteiger partial charge in [0.15, 0.2) is 0 Å². The van der Waals surface area contributed by atoms with Crippen LogP contribution in [0.4, 0.5) is 5.69 Å². The predicted octanol–water partition coefficient (Wildman–Crippen LogP) is 3.99. The zero-order valence-corrected chi connectivity index (χ0v) is 16.7. The van der Waals surface area contributed by atoms with Crippen LogP contribution in [0, 0.1) is 10.1 Å². The Kier molecular flexibility index (Phi) is 5.02. The van der Waals surface area contributed by atoms with E-state index in [1.54, 1.807) is 26.8 Å². The van der Waals surface area contributed by atoms with Gasteiger partial charge in [-0.25, -0.2) is 0 Å². The molecule has 0 heterocycles.